The van der Waals surface area contributed by atoms with Crippen LogP contribution in [0.4, 0.5) is 0 Å². The Hall–Kier alpha value is -1.62. The van der Waals surface area contributed by atoms with Crippen LogP contribution in [-0.2, 0) is 4.79 Å². The number of nitrogens with zero attached hydrogens (tertiary/aromatic N) is 1. The maximum absolute atomic E-state index is 10.8. The number of aromatic nitrogens is 1. The smallest absolute Gasteiger partial charge is 0.213 e. The second kappa shape index (κ2) is 5.82. The largest absolute Gasteiger partial charge is 0.484 e. The number of ether oxygens (including phenoxy) is 2. The molecule has 1 aliphatic carbocycles. The zero-order valence-electron chi connectivity index (χ0n) is 10.7. The lowest BCUT2D eigenvalue weighted by atomic mass is 9.89. The highest BCUT2D eigenvalue weighted by molar-refractivity contribution is 5.77. The molecule has 1 saturated carbocycles. The average Bonchev–Trinajstić information content (AvgIpc) is 2.32. The van der Waals surface area contributed by atoms with Crippen molar-refractivity contribution in [2.75, 3.05) is 13.7 Å². The fourth-order valence-electron chi connectivity index (χ4n) is 1.78. The molecule has 1 fully saturated rings. The summed E-state index contributed by atoms with van der Waals surface area (Å²) in [6.07, 6.45) is 3.85. The summed E-state index contributed by atoms with van der Waals surface area (Å²) in [5.74, 6) is 1.17. The van der Waals surface area contributed by atoms with Crippen LogP contribution < -0.4 is 14.8 Å². The number of hydrogen-bond acceptors (Lipinski definition) is 5. The van der Waals surface area contributed by atoms with Gasteiger partial charge in [-0.25, -0.2) is 4.98 Å². The van der Waals surface area contributed by atoms with E-state index in [1.165, 1.54) is 6.92 Å². The molecule has 0 saturated heterocycles. The van der Waals surface area contributed by atoms with Crippen LogP contribution in [0.15, 0.2) is 18.3 Å². The molecular formula is C13H18N2O3. The number of Topliss-reactive ketones (excluding diaryl/α,β-unsaturated/α-hetero) is 1. The number of hydrogen-bond donors (Lipinski definition) is 1. The summed E-state index contributed by atoms with van der Waals surface area (Å²) in [4.78, 5) is 14.9. The van der Waals surface area contributed by atoms with Gasteiger partial charge in [-0.3, -0.25) is 4.79 Å². The van der Waals surface area contributed by atoms with Gasteiger partial charge in [-0.2, -0.15) is 0 Å². The molecule has 0 bridgehead atoms. The van der Waals surface area contributed by atoms with E-state index in [-0.39, 0.29) is 18.5 Å². The fraction of sp³-hybridized carbons (Fsp3) is 0.538. The highest BCUT2D eigenvalue weighted by Crippen LogP contribution is 2.25. The fourth-order valence-corrected chi connectivity index (χ4v) is 1.78. The number of ketones is 1. The summed E-state index contributed by atoms with van der Waals surface area (Å²) in [5, 5.41) is 3.20. The van der Waals surface area contributed by atoms with Crippen LogP contribution in [0.25, 0.3) is 0 Å². The van der Waals surface area contributed by atoms with Crippen molar-refractivity contribution in [1.82, 2.24) is 10.3 Å². The third-order valence-corrected chi connectivity index (χ3v) is 2.94. The summed E-state index contributed by atoms with van der Waals surface area (Å²) in [6, 6.07) is 4.09. The van der Waals surface area contributed by atoms with Gasteiger partial charge in [-0.05, 0) is 32.9 Å². The molecule has 0 unspecified atom stereocenters. The number of pyridine rings is 1. The summed E-state index contributed by atoms with van der Waals surface area (Å²) in [7, 11) is 1.96. The molecule has 1 aromatic heterocycles. The van der Waals surface area contributed by atoms with Crippen LogP contribution in [0.3, 0.4) is 0 Å². The van der Waals surface area contributed by atoms with Crippen molar-refractivity contribution in [2.24, 2.45) is 0 Å². The Morgan fingerprint density at radius 3 is 2.83 bits per heavy atom. The van der Waals surface area contributed by atoms with Crippen LogP contribution in [-0.4, -0.2) is 36.6 Å². The van der Waals surface area contributed by atoms with E-state index in [4.69, 9.17) is 9.47 Å². The molecule has 0 aliphatic heterocycles. The van der Waals surface area contributed by atoms with E-state index in [0.717, 1.165) is 12.8 Å². The molecule has 1 aliphatic rings. The van der Waals surface area contributed by atoms with Gasteiger partial charge in [0.05, 0.1) is 6.20 Å². The molecule has 5 nitrogen and oxygen atoms in total. The molecule has 1 N–H and O–H groups in total. The monoisotopic (exact) mass is 250 g/mol. The lowest BCUT2D eigenvalue weighted by molar-refractivity contribution is -0.118. The first-order valence-electron chi connectivity index (χ1n) is 6.09. The molecule has 18 heavy (non-hydrogen) atoms. The number of rotatable bonds is 6. The Balaban J connectivity index is 1.79. The molecule has 0 aromatic carbocycles. The minimum Gasteiger partial charge on any atom is -0.484 e. The Kier molecular flexibility index (Phi) is 4.15. The van der Waals surface area contributed by atoms with Crippen molar-refractivity contribution in [3.63, 3.8) is 0 Å². The van der Waals surface area contributed by atoms with Gasteiger partial charge in [-0.1, -0.05) is 0 Å². The zero-order chi connectivity index (χ0) is 13.0. The van der Waals surface area contributed by atoms with Crippen molar-refractivity contribution in [1.29, 1.82) is 0 Å². The number of carbonyl (C=O) groups excluding carboxylic acids is 1. The summed E-state index contributed by atoms with van der Waals surface area (Å²) >= 11 is 0. The molecule has 98 valence electrons. The minimum absolute atomic E-state index is 0.0112. The van der Waals surface area contributed by atoms with Crippen molar-refractivity contribution >= 4 is 5.78 Å². The Labute approximate surface area is 107 Å². The highest BCUT2D eigenvalue weighted by atomic mass is 16.5. The molecule has 5 heteroatoms. The Morgan fingerprint density at radius 2 is 2.28 bits per heavy atom. The van der Waals surface area contributed by atoms with E-state index in [1.807, 2.05) is 7.05 Å². The third kappa shape index (κ3) is 3.43. The van der Waals surface area contributed by atoms with Crippen molar-refractivity contribution in [3.8, 4) is 11.6 Å². The first-order chi connectivity index (χ1) is 8.67. The molecule has 0 spiro atoms. The highest BCUT2D eigenvalue weighted by Gasteiger charge is 2.29. The molecular weight excluding hydrogens is 232 g/mol. The van der Waals surface area contributed by atoms with Crippen molar-refractivity contribution < 1.29 is 14.3 Å². The predicted molar refractivity (Wildman–Crippen MR) is 66.9 cm³/mol. The van der Waals surface area contributed by atoms with E-state index in [0.29, 0.717) is 17.7 Å². The van der Waals surface area contributed by atoms with Crippen LogP contribution in [0.5, 0.6) is 11.6 Å². The van der Waals surface area contributed by atoms with Crippen molar-refractivity contribution in [3.05, 3.63) is 18.3 Å². The molecule has 0 atom stereocenters. The van der Waals surface area contributed by atoms with Gasteiger partial charge in [0, 0.05) is 12.1 Å². The first-order valence-corrected chi connectivity index (χ1v) is 6.09. The van der Waals surface area contributed by atoms with Gasteiger partial charge in [0.2, 0.25) is 5.88 Å². The quantitative estimate of drug-likeness (QED) is 0.821. The standard InChI is InChI=1S/C13H18N2O3/c1-9(16)8-17-11-3-4-13(15-7-11)18-12-5-10(6-12)14-2/h3-4,7,10,12,14H,5-6,8H2,1-2H3. The number of carbonyl (C=O) groups is 1. The van der Waals surface area contributed by atoms with Gasteiger partial charge in [0.15, 0.2) is 5.78 Å². The average molecular weight is 250 g/mol. The molecule has 0 radical (unpaired) electrons. The van der Waals surface area contributed by atoms with E-state index in [1.54, 1.807) is 18.3 Å². The van der Waals surface area contributed by atoms with Crippen LogP contribution >= 0.6 is 0 Å². The van der Waals surface area contributed by atoms with Crippen molar-refractivity contribution in [2.45, 2.75) is 31.9 Å². The van der Waals surface area contributed by atoms with Gasteiger partial charge in [0.1, 0.15) is 18.5 Å². The normalized spacial score (nSPS) is 22.1. The van der Waals surface area contributed by atoms with Gasteiger partial charge in [-0.15, -0.1) is 0 Å². The third-order valence-electron chi connectivity index (χ3n) is 2.94. The summed E-state index contributed by atoms with van der Waals surface area (Å²) in [6.45, 7) is 1.56. The van der Waals surface area contributed by atoms with Crippen LogP contribution in [0, 0.1) is 0 Å². The summed E-state index contributed by atoms with van der Waals surface area (Å²) < 4.78 is 10.9. The topological polar surface area (TPSA) is 60.5 Å². The second-order valence-corrected chi connectivity index (χ2v) is 4.52. The maximum Gasteiger partial charge on any atom is 0.213 e. The van der Waals surface area contributed by atoms with E-state index < -0.39 is 0 Å². The van der Waals surface area contributed by atoms with E-state index in [2.05, 4.69) is 10.3 Å². The van der Waals surface area contributed by atoms with Gasteiger partial charge < -0.3 is 14.8 Å². The second-order valence-electron chi connectivity index (χ2n) is 4.52. The van der Waals surface area contributed by atoms with Crippen LogP contribution in [0.2, 0.25) is 0 Å². The SMILES string of the molecule is CNC1CC(Oc2ccc(OCC(C)=O)cn2)C1. The molecule has 0 amide bonds. The lowest BCUT2D eigenvalue weighted by Crippen LogP contribution is -2.45. The predicted octanol–water partition coefficient (Wildman–Crippen LogP) is 1.18. The minimum atomic E-state index is -0.0112. The summed E-state index contributed by atoms with van der Waals surface area (Å²) in [5.41, 5.74) is 0. The molecule has 2 rings (SSSR count). The molecule has 1 heterocycles. The molecule has 1 aromatic rings. The van der Waals surface area contributed by atoms with Gasteiger partial charge in [0.25, 0.3) is 0 Å². The maximum atomic E-state index is 10.8. The van der Waals surface area contributed by atoms with E-state index >= 15 is 0 Å². The zero-order valence-corrected chi connectivity index (χ0v) is 10.7. The first kappa shape index (κ1) is 12.8. The Bertz CT molecular complexity index is 399. The number of nitrogens with one attached hydrogen (secondary N) is 1. The Morgan fingerprint density at radius 1 is 1.50 bits per heavy atom. The van der Waals surface area contributed by atoms with E-state index in [9.17, 15) is 4.79 Å². The van der Waals surface area contributed by atoms with Gasteiger partial charge >= 0.3 is 0 Å². The van der Waals surface area contributed by atoms with Crippen LogP contribution in [0.1, 0.15) is 19.8 Å². The lowest BCUT2D eigenvalue weighted by Gasteiger charge is -2.34.